The van der Waals surface area contributed by atoms with Gasteiger partial charge in [-0.3, -0.25) is 10.2 Å². The lowest BCUT2D eigenvalue weighted by Gasteiger charge is -2.26. The number of nitrogens with two attached hydrogens (primary N) is 1. The molecule has 2 rings (SSSR count). The number of nitrogens with zero attached hydrogens (tertiary/aromatic N) is 3. The van der Waals surface area contributed by atoms with Crippen molar-refractivity contribution in [2.24, 2.45) is 16.0 Å². The number of hydrazone groups is 1. The highest BCUT2D eigenvalue weighted by Crippen LogP contribution is 2.27. The summed E-state index contributed by atoms with van der Waals surface area (Å²) in [6, 6.07) is 5.58. The van der Waals surface area contributed by atoms with Crippen LogP contribution >= 0.6 is 12.2 Å². The normalized spacial score (nSPS) is 15.5. The average Bonchev–Trinajstić information content (AvgIpc) is 2.50. The maximum atomic E-state index is 11.7. The Morgan fingerprint density at radius 3 is 2.82 bits per heavy atom. The topological polar surface area (TPSA) is 103 Å². The Kier molecular flexibility index (Phi) is 4.71. The van der Waals surface area contributed by atoms with Crippen LogP contribution in [0.1, 0.15) is 24.5 Å². The number of anilines is 1. The summed E-state index contributed by atoms with van der Waals surface area (Å²) in [5.41, 5.74) is 11.3. The lowest BCUT2D eigenvalue weighted by atomic mass is 9.96. The summed E-state index contributed by atoms with van der Waals surface area (Å²) in [6.07, 6.45) is 1.13. The van der Waals surface area contributed by atoms with Crippen molar-refractivity contribution in [1.82, 2.24) is 5.43 Å². The zero-order valence-corrected chi connectivity index (χ0v) is 13.1. The van der Waals surface area contributed by atoms with Gasteiger partial charge >= 0.3 is 0 Å². The smallest absolute Gasteiger partial charge is 0.227 e. The molecule has 0 unspecified atom stereocenters. The van der Waals surface area contributed by atoms with Crippen LogP contribution in [0.15, 0.2) is 28.5 Å². The molecule has 0 bridgehead atoms. The van der Waals surface area contributed by atoms with Gasteiger partial charge in [0.1, 0.15) is 11.4 Å². The fourth-order valence-corrected chi connectivity index (χ4v) is 2.36. The maximum absolute atomic E-state index is 11.7. The first kappa shape index (κ1) is 15.9. The van der Waals surface area contributed by atoms with E-state index in [1.54, 1.807) is 18.9 Å². The van der Waals surface area contributed by atoms with Gasteiger partial charge in [-0.1, -0.05) is 11.2 Å². The second-order valence-corrected chi connectivity index (χ2v) is 5.36. The van der Waals surface area contributed by atoms with E-state index in [1.807, 2.05) is 18.2 Å². The lowest BCUT2D eigenvalue weighted by molar-refractivity contribution is -0.118. The number of nitrogens with one attached hydrogen (secondary N) is 1. The van der Waals surface area contributed by atoms with E-state index in [0.717, 1.165) is 16.8 Å². The number of hydrogen-bond donors (Lipinski definition) is 3. The Labute approximate surface area is 133 Å². The van der Waals surface area contributed by atoms with Gasteiger partial charge in [0.05, 0.1) is 0 Å². The molecule has 22 heavy (non-hydrogen) atoms. The van der Waals surface area contributed by atoms with Crippen molar-refractivity contribution in [2.45, 2.75) is 19.8 Å². The van der Waals surface area contributed by atoms with Crippen molar-refractivity contribution in [3.8, 4) is 0 Å². The molecule has 1 aromatic rings. The number of fused-ring (bicyclic) bond motifs is 1. The largest absolute Gasteiger partial charge is 0.411 e. The fraction of sp³-hybridized carbons (Fsp3) is 0.286. The van der Waals surface area contributed by atoms with Gasteiger partial charge in [-0.2, -0.15) is 5.10 Å². The maximum Gasteiger partial charge on any atom is 0.227 e. The minimum absolute atomic E-state index is 0.0199. The van der Waals surface area contributed by atoms with Crippen molar-refractivity contribution < 1.29 is 10.0 Å². The Morgan fingerprint density at radius 2 is 2.18 bits per heavy atom. The zero-order chi connectivity index (χ0) is 16.3. The molecular formula is C14H17N5O2S. The van der Waals surface area contributed by atoms with Gasteiger partial charge in [0.2, 0.25) is 5.91 Å². The molecule has 0 atom stereocenters. The Balaban J connectivity index is 2.44. The van der Waals surface area contributed by atoms with Crippen molar-refractivity contribution in [1.29, 1.82) is 0 Å². The van der Waals surface area contributed by atoms with E-state index < -0.39 is 0 Å². The molecule has 0 saturated carbocycles. The molecule has 0 saturated heterocycles. The number of thiocarbonyl (C=S) groups is 1. The standard InChI is InChI=1S/C14H17N5O2S/c1-8(18-21)13(16-17-14(15)22)10-3-5-11-9(7-10)4-6-12(20)19(11)2/h3,5,7,21H,4,6H2,1-2H3,(H3,15,17,22). The third-order valence-electron chi connectivity index (χ3n) is 3.47. The number of amides is 1. The van der Waals surface area contributed by atoms with Crippen LogP contribution in [0.2, 0.25) is 0 Å². The van der Waals surface area contributed by atoms with Crippen LogP contribution in [0.5, 0.6) is 0 Å². The number of hydrogen-bond acceptors (Lipinski definition) is 5. The number of benzene rings is 1. The van der Waals surface area contributed by atoms with Crippen LogP contribution in [-0.4, -0.2) is 34.7 Å². The molecule has 0 aliphatic carbocycles. The average molecular weight is 319 g/mol. The first-order valence-electron chi connectivity index (χ1n) is 6.66. The van der Waals surface area contributed by atoms with Crippen LogP contribution in [0.4, 0.5) is 5.69 Å². The predicted octanol–water partition coefficient (Wildman–Crippen LogP) is 0.983. The second-order valence-electron chi connectivity index (χ2n) is 4.92. The molecule has 8 heteroatoms. The van der Waals surface area contributed by atoms with E-state index in [4.69, 9.17) is 23.2 Å². The summed E-state index contributed by atoms with van der Waals surface area (Å²) in [6.45, 7) is 1.62. The van der Waals surface area contributed by atoms with Crippen LogP contribution in [-0.2, 0) is 11.2 Å². The second kappa shape index (κ2) is 6.52. The van der Waals surface area contributed by atoms with Crippen molar-refractivity contribution in [3.05, 3.63) is 29.3 Å². The third-order valence-corrected chi connectivity index (χ3v) is 3.56. The van der Waals surface area contributed by atoms with Crippen molar-refractivity contribution >= 4 is 40.3 Å². The van der Waals surface area contributed by atoms with E-state index in [9.17, 15) is 4.79 Å². The van der Waals surface area contributed by atoms with Crippen molar-refractivity contribution in [2.75, 3.05) is 11.9 Å². The quantitative estimate of drug-likeness (QED) is 0.333. The zero-order valence-electron chi connectivity index (χ0n) is 12.3. The van der Waals surface area contributed by atoms with Crippen LogP contribution in [0, 0.1) is 0 Å². The number of carbonyl (C=O) groups is 1. The molecule has 0 spiro atoms. The molecule has 116 valence electrons. The Bertz CT molecular complexity index is 684. The summed E-state index contributed by atoms with van der Waals surface area (Å²) >= 11 is 4.73. The Morgan fingerprint density at radius 1 is 1.45 bits per heavy atom. The first-order valence-corrected chi connectivity index (χ1v) is 7.07. The summed E-state index contributed by atoms with van der Waals surface area (Å²) < 4.78 is 0. The highest BCUT2D eigenvalue weighted by molar-refractivity contribution is 7.80. The van der Waals surface area contributed by atoms with Gasteiger partial charge in [-0.25, -0.2) is 0 Å². The van der Waals surface area contributed by atoms with Gasteiger partial charge in [0.25, 0.3) is 0 Å². The minimum atomic E-state index is 0.0199. The summed E-state index contributed by atoms with van der Waals surface area (Å²) in [5, 5.41) is 16.3. The van der Waals surface area contributed by atoms with Gasteiger partial charge in [-0.05, 0) is 43.3 Å². The van der Waals surface area contributed by atoms with Crippen molar-refractivity contribution in [3.63, 3.8) is 0 Å². The van der Waals surface area contributed by atoms with E-state index in [0.29, 0.717) is 24.3 Å². The molecule has 0 radical (unpaired) electrons. The molecule has 0 aromatic heterocycles. The summed E-state index contributed by atoms with van der Waals surface area (Å²) in [4.78, 5) is 13.4. The Hall–Kier alpha value is -2.48. The molecule has 7 nitrogen and oxygen atoms in total. The van der Waals surface area contributed by atoms with Gasteiger partial charge in [-0.15, -0.1) is 0 Å². The monoisotopic (exact) mass is 319 g/mol. The van der Waals surface area contributed by atoms with Crippen LogP contribution in [0.3, 0.4) is 0 Å². The highest BCUT2D eigenvalue weighted by atomic mass is 32.1. The van der Waals surface area contributed by atoms with Gasteiger partial charge in [0.15, 0.2) is 5.11 Å². The third kappa shape index (κ3) is 3.22. The number of oxime groups is 1. The van der Waals surface area contributed by atoms with Crippen LogP contribution in [0.25, 0.3) is 0 Å². The summed E-state index contributed by atoms with van der Waals surface area (Å²) in [5.74, 6) is 0.0948. The molecule has 1 aliphatic heterocycles. The molecule has 1 heterocycles. The van der Waals surface area contributed by atoms with Gasteiger partial charge in [0, 0.05) is 24.7 Å². The highest BCUT2D eigenvalue weighted by Gasteiger charge is 2.22. The number of carbonyl (C=O) groups excluding carboxylic acids is 1. The molecule has 1 aromatic carbocycles. The van der Waals surface area contributed by atoms with E-state index in [1.165, 1.54) is 0 Å². The first-order chi connectivity index (χ1) is 10.4. The SMILES string of the molecule is CC(=NO)C(=NNC(N)=S)c1ccc2c(c1)CCC(=O)N2C. The van der Waals surface area contributed by atoms with Crippen LogP contribution < -0.4 is 16.1 Å². The summed E-state index contributed by atoms with van der Waals surface area (Å²) in [7, 11) is 1.75. The molecule has 1 amide bonds. The predicted molar refractivity (Wildman–Crippen MR) is 89.5 cm³/mol. The fourth-order valence-electron chi connectivity index (χ4n) is 2.32. The molecular weight excluding hydrogens is 302 g/mol. The number of aryl methyl sites for hydroxylation is 1. The molecule has 0 fully saturated rings. The van der Waals surface area contributed by atoms with E-state index in [-0.39, 0.29) is 11.0 Å². The van der Waals surface area contributed by atoms with Gasteiger partial charge < -0.3 is 15.8 Å². The molecule has 4 N–H and O–H groups in total. The van der Waals surface area contributed by atoms with E-state index in [2.05, 4.69) is 15.7 Å². The lowest BCUT2D eigenvalue weighted by Crippen LogP contribution is -2.31. The minimum Gasteiger partial charge on any atom is -0.411 e. The van der Waals surface area contributed by atoms with E-state index >= 15 is 0 Å². The number of rotatable bonds is 3. The molecule has 1 aliphatic rings.